The normalized spacial score (nSPS) is 16.2. The second-order valence-corrected chi connectivity index (χ2v) is 5.80. The maximum Gasteiger partial charge on any atom is 0.203 e. The minimum atomic E-state index is -0.238. The predicted molar refractivity (Wildman–Crippen MR) is 93.9 cm³/mol. The van der Waals surface area contributed by atoms with E-state index in [2.05, 4.69) is 5.16 Å². The quantitative estimate of drug-likeness (QED) is 0.898. The van der Waals surface area contributed by atoms with Gasteiger partial charge in [-0.25, -0.2) is 0 Å². The van der Waals surface area contributed by atoms with Crippen LogP contribution < -0.4 is 14.2 Å². The van der Waals surface area contributed by atoms with Gasteiger partial charge in [0.25, 0.3) is 0 Å². The molecule has 1 aliphatic rings. The predicted octanol–water partition coefficient (Wildman–Crippen LogP) is 3.59. The summed E-state index contributed by atoms with van der Waals surface area (Å²) >= 11 is 0. The first-order valence-electron chi connectivity index (χ1n) is 7.90. The number of hydrogen-bond donors (Lipinski definition) is 1. The zero-order chi connectivity index (χ0) is 18.0. The van der Waals surface area contributed by atoms with Gasteiger partial charge in [-0.2, -0.15) is 0 Å². The summed E-state index contributed by atoms with van der Waals surface area (Å²) < 4.78 is 16.1. The van der Waals surface area contributed by atoms with Crippen LogP contribution in [0.1, 0.15) is 29.2 Å². The molecule has 1 heterocycles. The molecule has 0 saturated heterocycles. The van der Waals surface area contributed by atoms with E-state index >= 15 is 0 Å². The Balaban J connectivity index is 1.86. The number of aromatic hydroxyl groups is 1. The van der Waals surface area contributed by atoms with Gasteiger partial charge < -0.3 is 24.2 Å². The second kappa shape index (κ2) is 6.93. The van der Waals surface area contributed by atoms with Gasteiger partial charge in [-0.1, -0.05) is 5.16 Å². The summed E-state index contributed by atoms with van der Waals surface area (Å²) in [7, 11) is 4.73. The van der Waals surface area contributed by atoms with Crippen LogP contribution in [0.2, 0.25) is 0 Å². The molecule has 6 heteroatoms. The highest BCUT2D eigenvalue weighted by Gasteiger charge is 2.27. The van der Waals surface area contributed by atoms with E-state index in [4.69, 9.17) is 19.0 Å². The maximum absolute atomic E-state index is 9.67. The number of methoxy groups -OCH3 is 3. The van der Waals surface area contributed by atoms with Crippen LogP contribution >= 0.6 is 0 Å². The zero-order valence-corrected chi connectivity index (χ0v) is 14.7. The number of benzene rings is 2. The van der Waals surface area contributed by atoms with Crippen molar-refractivity contribution in [1.29, 1.82) is 0 Å². The average molecular weight is 343 g/mol. The first-order valence-corrected chi connectivity index (χ1v) is 7.90. The van der Waals surface area contributed by atoms with Gasteiger partial charge in [-0.15, -0.1) is 0 Å². The molecule has 1 unspecified atom stereocenters. The van der Waals surface area contributed by atoms with E-state index in [1.165, 1.54) is 0 Å². The molecule has 1 aliphatic heterocycles. The molecule has 6 nitrogen and oxygen atoms in total. The molecular weight excluding hydrogens is 322 g/mol. The summed E-state index contributed by atoms with van der Waals surface area (Å²) in [6, 6.07) is 9.14. The number of oxime groups is 1. The number of hydrogen-bond acceptors (Lipinski definition) is 6. The molecular formula is C19H21NO5. The third-order valence-corrected chi connectivity index (χ3v) is 4.26. The molecule has 2 aromatic carbocycles. The Bertz CT molecular complexity index is 790. The molecule has 2 aromatic rings. The highest BCUT2D eigenvalue weighted by atomic mass is 16.6. The monoisotopic (exact) mass is 343 g/mol. The molecule has 0 amide bonds. The molecule has 132 valence electrons. The Morgan fingerprint density at radius 1 is 1.04 bits per heavy atom. The molecule has 0 fully saturated rings. The highest BCUT2D eigenvalue weighted by Crippen LogP contribution is 2.42. The first kappa shape index (κ1) is 17.0. The summed E-state index contributed by atoms with van der Waals surface area (Å²) in [5, 5.41) is 13.9. The van der Waals surface area contributed by atoms with Gasteiger partial charge in [0.05, 0.1) is 27.0 Å². The van der Waals surface area contributed by atoms with Gasteiger partial charge in [-0.05, 0) is 48.4 Å². The number of ether oxygens (including phenoxy) is 3. The van der Waals surface area contributed by atoms with Crippen LogP contribution in [-0.4, -0.2) is 32.1 Å². The van der Waals surface area contributed by atoms with Gasteiger partial charge in [0.15, 0.2) is 17.6 Å². The fourth-order valence-electron chi connectivity index (χ4n) is 2.85. The number of rotatable bonds is 5. The van der Waals surface area contributed by atoms with Gasteiger partial charge in [-0.3, -0.25) is 0 Å². The molecule has 0 saturated carbocycles. The van der Waals surface area contributed by atoms with Gasteiger partial charge in [0.1, 0.15) is 5.75 Å². The van der Waals surface area contributed by atoms with Crippen molar-refractivity contribution in [2.75, 3.05) is 21.3 Å². The van der Waals surface area contributed by atoms with Crippen LogP contribution in [0.5, 0.6) is 23.0 Å². The van der Waals surface area contributed by atoms with Crippen molar-refractivity contribution in [2.45, 2.75) is 19.4 Å². The average Bonchev–Trinajstić information content (AvgIpc) is 3.12. The van der Waals surface area contributed by atoms with Crippen LogP contribution in [0, 0.1) is 6.92 Å². The van der Waals surface area contributed by atoms with Crippen molar-refractivity contribution >= 4 is 5.71 Å². The lowest BCUT2D eigenvalue weighted by Crippen LogP contribution is -2.04. The lowest BCUT2D eigenvalue weighted by Gasteiger charge is -2.16. The molecule has 0 aromatic heterocycles. The van der Waals surface area contributed by atoms with Crippen LogP contribution in [0.3, 0.4) is 0 Å². The van der Waals surface area contributed by atoms with Crippen molar-refractivity contribution in [1.82, 2.24) is 0 Å². The molecule has 0 bridgehead atoms. The van der Waals surface area contributed by atoms with Crippen molar-refractivity contribution < 1.29 is 24.2 Å². The van der Waals surface area contributed by atoms with Crippen LogP contribution in [0.15, 0.2) is 35.5 Å². The summed E-state index contributed by atoms with van der Waals surface area (Å²) in [4.78, 5) is 5.62. The lowest BCUT2D eigenvalue weighted by atomic mass is 9.98. The van der Waals surface area contributed by atoms with E-state index in [0.29, 0.717) is 23.7 Å². The molecule has 0 spiro atoms. The van der Waals surface area contributed by atoms with Crippen LogP contribution in [0.25, 0.3) is 0 Å². The number of phenols is 1. The topological polar surface area (TPSA) is 69.5 Å². The second-order valence-electron chi connectivity index (χ2n) is 5.80. The highest BCUT2D eigenvalue weighted by molar-refractivity contribution is 6.01. The standard InChI is InChI=1S/C19H21NO5/c1-11-7-12(5-6-15(11)21)14-10-16(25-20-14)13-8-17(22-2)19(24-4)18(9-13)23-3/h5-9,16,21H,10H2,1-4H3. The molecule has 3 rings (SSSR count). The molecule has 1 N–H and O–H groups in total. The Morgan fingerprint density at radius 3 is 2.28 bits per heavy atom. The van der Waals surface area contributed by atoms with Crippen LogP contribution in [-0.2, 0) is 4.84 Å². The van der Waals surface area contributed by atoms with Crippen molar-refractivity contribution in [3.63, 3.8) is 0 Å². The van der Waals surface area contributed by atoms with Crippen LogP contribution in [0.4, 0.5) is 0 Å². The lowest BCUT2D eigenvalue weighted by molar-refractivity contribution is 0.0853. The smallest absolute Gasteiger partial charge is 0.203 e. The van der Waals surface area contributed by atoms with Gasteiger partial charge >= 0.3 is 0 Å². The van der Waals surface area contributed by atoms with Gasteiger partial charge in [0.2, 0.25) is 5.75 Å². The zero-order valence-electron chi connectivity index (χ0n) is 14.7. The van der Waals surface area contributed by atoms with Crippen molar-refractivity contribution in [3.8, 4) is 23.0 Å². The third-order valence-electron chi connectivity index (χ3n) is 4.26. The summed E-state index contributed by atoms with van der Waals surface area (Å²) in [6.45, 7) is 1.85. The SMILES string of the molecule is COc1cc(C2CC(c3ccc(O)c(C)c3)=NO2)cc(OC)c1OC. The molecule has 1 atom stereocenters. The largest absolute Gasteiger partial charge is 0.508 e. The Hall–Kier alpha value is -2.89. The first-order chi connectivity index (χ1) is 12.1. The van der Waals surface area contributed by atoms with E-state index in [1.807, 2.05) is 31.2 Å². The molecule has 0 radical (unpaired) electrons. The Kier molecular flexibility index (Phi) is 4.70. The van der Waals surface area contributed by atoms with Crippen molar-refractivity contribution in [2.24, 2.45) is 5.16 Å². The van der Waals surface area contributed by atoms with E-state index in [9.17, 15) is 5.11 Å². The number of phenolic OH excluding ortho intramolecular Hbond substituents is 1. The van der Waals surface area contributed by atoms with E-state index in [-0.39, 0.29) is 11.9 Å². The third kappa shape index (κ3) is 3.20. The fraction of sp³-hybridized carbons (Fsp3) is 0.316. The summed E-state index contributed by atoms with van der Waals surface area (Å²) in [6.07, 6.45) is 0.376. The Labute approximate surface area is 146 Å². The maximum atomic E-state index is 9.67. The summed E-state index contributed by atoms with van der Waals surface area (Å²) in [5.74, 6) is 1.97. The van der Waals surface area contributed by atoms with Gasteiger partial charge in [0, 0.05) is 12.0 Å². The van der Waals surface area contributed by atoms with E-state index in [1.54, 1.807) is 27.4 Å². The summed E-state index contributed by atoms with van der Waals surface area (Å²) in [5.41, 5.74) is 3.47. The number of aryl methyl sites for hydroxylation is 1. The Morgan fingerprint density at radius 2 is 1.72 bits per heavy atom. The fourth-order valence-corrected chi connectivity index (χ4v) is 2.85. The van der Waals surface area contributed by atoms with Crippen molar-refractivity contribution in [3.05, 3.63) is 47.0 Å². The number of nitrogens with zero attached hydrogens (tertiary/aromatic N) is 1. The van der Waals surface area contributed by atoms with E-state index in [0.717, 1.165) is 22.4 Å². The minimum absolute atomic E-state index is 0.238. The molecule has 25 heavy (non-hydrogen) atoms. The van der Waals surface area contributed by atoms with E-state index < -0.39 is 0 Å². The molecule has 0 aliphatic carbocycles. The minimum Gasteiger partial charge on any atom is -0.508 e.